The van der Waals surface area contributed by atoms with Crippen LogP contribution in [0.5, 0.6) is 5.75 Å². The molecule has 0 aliphatic heterocycles. The van der Waals surface area contributed by atoms with Crippen molar-refractivity contribution in [3.63, 3.8) is 0 Å². The predicted molar refractivity (Wildman–Crippen MR) is 44.9 cm³/mol. The zero-order valence-corrected chi connectivity index (χ0v) is 7.28. The van der Waals surface area contributed by atoms with Gasteiger partial charge in [0.2, 0.25) is 0 Å². The first-order valence-electron chi connectivity index (χ1n) is 3.31. The number of alkyl halides is 2. The Hall–Kier alpha value is -0.770. The fourth-order valence-electron chi connectivity index (χ4n) is 0.757. The van der Waals surface area contributed by atoms with Crippen LogP contribution in [0.3, 0.4) is 0 Å². The summed E-state index contributed by atoms with van der Waals surface area (Å²) in [6.45, 7) is 0. The quantitative estimate of drug-likeness (QED) is 0.677. The number of halogens is 2. The molecule has 12 heavy (non-hydrogen) atoms. The van der Waals surface area contributed by atoms with Crippen molar-refractivity contribution in [3.05, 3.63) is 24.3 Å². The Morgan fingerprint density at radius 2 is 1.83 bits per heavy atom. The molecule has 0 saturated heterocycles. The first-order chi connectivity index (χ1) is 5.72. The van der Waals surface area contributed by atoms with E-state index in [1.807, 2.05) is 0 Å². The van der Waals surface area contributed by atoms with Gasteiger partial charge in [0.15, 0.2) is 0 Å². The largest absolute Gasteiger partial charge is 0.497 e. The molecule has 0 saturated carbocycles. The number of benzene rings is 1. The summed E-state index contributed by atoms with van der Waals surface area (Å²) < 4.78 is 28.5. The van der Waals surface area contributed by atoms with Crippen molar-refractivity contribution in [2.75, 3.05) is 7.11 Å². The molecule has 0 atom stereocenters. The van der Waals surface area contributed by atoms with Gasteiger partial charge in [-0.05, 0) is 24.3 Å². The molecular weight excluding hydrogens is 182 g/mol. The normalized spacial score (nSPS) is 10.3. The second-order valence-electron chi connectivity index (χ2n) is 2.05. The molecule has 0 unspecified atom stereocenters. The smallest absolute Gasteiger partial charge is 0.288 e. The maximum Gasteiger partial charge on any atom is 0.288 e. The lowest BCUT2D eigenvalue weighted by Gasteiger charge is -2.01. The molecule has 0 spiro atoms. The van der Waals surface area contributed by atoms with Gasteiger partial charge in [-0.15, -0.1) is 0 Å². The van der Waals surface area contributed by atoms with E-state index in [9.17, 15) is 8.78 Å². The average Bonchev–Trinajstić information content (AvgIpc) is 2.05. The molecule has 1 aromatic carbocycles. The van der Waals surface area contributed by atoms with Gasteiger partial charge in [0, 0.05) is 4.90 Å². The van der Waals surface area contributed by atoms with Gasteiger partial charge in [-0.1, -0.05) is 11.8 Å². The Kier molecular flexibility index (Phi) is 3.34. The van der Waals surface area contributed by atoms with Gasteiger partial charge in [0.1, 0.15) is 5.75 Å². The molecule has 1 rings (SSSR count). The number of methoxy groups -OCH3 is 1. The molecule has 0 amide bonds. The number of ether oxygens (including phenoxy) is 1. The van der Waals surface area contributed by atoms with Gasteiger partial charge in [0.05, 0.1) is 7.11 Å². The van der Waals surface area contributed by atoms with Crippen molar-refractivity contribution in [1.82, 2.24) is 0 Å². The number of hydrogen-bond donors (Lipinski definition) is 0. The molecular formula is C8H8F2OS. The molecule has 0 heterocycles. The van der Waals surface area contributed by atoms with Crippen LogP contribution in [0.15, 0.2) is 29.2 Å². The SMILES string of the molecule is COc1ccc(SC(F)F)cc1. The van der Waals surface area contributed by atoms with Crippen molar-refractivity contribution in [2.24, 2.45) is 0 Å². The summed E-state index contributed by atoms with van der Waals surface area (Å²) in [7, 11) is 1.54. The van der Waals surface area contributed by atoms with Crippen LogP contribution in [0.25, 0.3) is 0 Å². The highest BCUT2D eigenvalue weighted by Gasteiger charge is 2.04. The van der Waals surface area contributed by atoms with Crippen LogP contribution in [0.2, 0.25) is 0 Å². The highest BCUT2D eigenvalue weighted by Crippen LogP contribution is 2.26. The van der Waals surface area contributed by atoms with Crippen LogP contribution in [0.4, 0.5) is 8.78 Å². The van der Waals surface area contributed by atoms with Crippen LogP contribution < -0.4 is 4.74 Å². The molecule has 0 fully saturated rings. The Bertz CT molecular complexity index is 235. The van der Waals surface area contributed by atoms with E-state index in [0.717, 1.165) is 0 Å². The molecule has 0 aromatic heterocycles. The van der Waals surface area contributed by atoms with E-state index >= 15 is 0 Å². The fraction of sp³-hybridized carbons (Fsp3) is 0.250. The third-order valence-electron chi connectivity index (χ3n) is 1.28. The van der Waals surface area contributed by atoms with E-state index in [1.165, 1.54) is 7.11 Å². The van der Waals surface area contributed by atoms with Gasteiger partial charge < -0.3 is 4.74 Å². The van der Waals surface area contributed by atoms with E-state index in [1.54, 1.807) is 24.3 Å². The van der Waals surface area contributed by atoms with Crippen LogP contribution >= 0.6 is 11.8 Å². The van der Waals surface area contributed by atoms with E-state index in [4.69, 9.17) is 4.74 Å². The van der Waals surface area contributed by atoms with E-state index < -0.39 is 5.76 Å². The summed E-state index contributed by atoms with van der Waals surface area (Å²) in [4.78, 5) is 0.547. The summed E-state index contributed by atoms with van der Waals surface area (Å²) in [5, 5.41) is 0. The van der Waals surface area contributed by atoms with Crippen LogP contribution in [-0.4, -0.2) is 12.9 Å². The topological polar surface area (TPSA) is 9.23 Å². The minimum atomic E-state index is -2.36. The van der Waals surface area contributed by atoms with Crippen molar-refractivity contribution in [2.45, 2.75) is 10.7 Å². The van der Waals surface area contributed by atoms with Crippen molar-refractivity contribution in [1.29, 1.82) is 0 Å². The van der Waals surface area contributed by atoms with Crippen LogP contribution in [0, 0.1) is 0 Å². The minimum Gasteiger partial charge on any atom is -0.497 e. The van der Waals surface area contributed by atoms with Gasteiger partial charge in [-0.2, -0.15) is 8.78 Å². The van der Waals surface area contributed by atoms with E-state index in [-0.39, 0.29) is 0 Å². The Balaban J connectivity index is 2.65. The number of rotatable bonds is 3. The highest BCUT2D eigenvalue weighted by atomic mass is 32.2. The molecule has 0 N–H and O–H groups in total. The van der Waals surface area contributed by atoms with Crippen molar-refractivity contribution >= 4 is 11.8 Å². The molecule has 1 nitrogen and oxygen atoms in total. The van der Waals surface area contributed by atoms with E-state index in [0.29, 0.717) is 22.4 Å². The third-order valence-corrected chi connectivity index (χ3v) is 2.01. The average molecular weight is 190 g/mol. The molecule has 0 bridgehead atoms. The molecule has 4 heteroatoms. The van der Waals surface area contributed by atoms with Crippen molar-refractivity contribution in [3.8, 4) is 5.75 Å². The Labute approximate surface area is 73.7 Å². The zero-order valence-electron chi connectivity index (χ0n) is 6.46. The molecule has 1 aromatic rings. The first-order valence-corrected chi connectivity index (χ1v) is 4.19. The van der Waals surface area contributed by atoms with E-state index in [2.05, 4.69) is 0 Å². The summed E-state index contributed by atoms with van der Waals surface area (Å²) in [5.41, 5.74) is 0. The standard InChI is InChI=1S/C8H8F2OS/c1-11-6-2-4-7(5-3-6)12-8(9)10/h2-5,8H,1H3. The first kappa shape index (κ1) is 9.32. The van der Waals surface area contributed by atoms with Gasteiger partial charge in [-0.25, -0.2) is 0 Å². The highest BCUT2D eigenvalue weighted by molar-refractivity contribution is 7.99. The Morgan fingerprint density at radius 1 is 1.25 bits per heavy atom. The molecule has 0 aliphatic carbocycles. The third kappa shape index (κ3) is 2.70. The summed E-state index contributed by atoms with van der Waals surface area (Å²) in [6, 6.07) is 6.53. The predicted octanol–water partition coefficient (Wildman–Crippen LogP) is 3.01. The van der Waals surface area contributed by atoms with Crippen LogP contribution in [0.1, 0.15) is 0 Å². The maximum absolute atomic E-state index is 11.8. The molecule has 0 radical (unpaired) electrons. The summed E-state index contributed by atoms with van der Waals surface area (Å²) in [5.74, 6) is -1.69. The second-order valence-corrected chi connectivity index (χ2v) is 3.12. The summed E-state index contributed by atoms with van der Waals surface area (Å²) >= 11 is 0.529. The maximum atomic E-state index is 11.8. The number of thioether (sulfide) groups is 1. The minimum absolute atomic E-state index is 0.529. The van der Waals surface area contributed by atoms with Gasteiger partial charge >= 0.3 is 0 Å². The zero-order chi connectivity index (χ0) is 8.97. The fourth-order valence-corrected chi connectivity index (χ4v) is 1.26. The summed E-state index contributed by atoms with van der Waals surface area (Å²) in [6.07, 6.45) is 0. The lowest BCUT2D eigenvalue weighted by molar-refractivity contribution is 0.252. The second kappa shape index (κ2) is 4.30. The van der Waals surface area contributed by atoms with Gasteiger partial charge in [-0.3, -0.25) is 0 Å². The molecule has 0 aliphatic rings. The van der Waals surface area contributed by atoms with Gasteiger partial charge in [0.25, 0.3) is 5.76 Å². The lowest BCUT2D eigenvalue weighted by atomic mass is 10.3. The monoisotopic (exact) mass is 190 g/mol. The van der Waals surface area contributed by atoms with Crippen molar-refractivity contribution < 1.29 is 13.5 Å². The Morgan fingerprint density at radius 3 is 2.25 bits per heavy atom. The molecule has 66 valence electrons. The van der Waals surface area contributed by atoms with Crippen LogP contribution in [-0.2, 0) is 0 Å². The lowest BCUT2D eigenvalue weighted by Crippen LogP contribution is -1.83. The number of hydrogen-bond acceptors (Lipinski definition) is 2.